The van der Waals surface area contributed by atoms with E-state index in [1.807, 2.05) is 13.8 Å². The van der Waals surface area contributed by atoms with Crippen molar-refractivity contribution in [3.05, 3.63) is 17.3 Å². The SMILES string of the molecule is Cc1nc(CNC(=O)NCC2(O)CCCC2)oc1C. The van der Waals surface area contributed by atoms with Crippen LogP contribution in [-0.4, -0.2) is 28.3 Å². The molecule has 3 N–H and O–H groups in total. The Labute approximate surface area is 112 Å². The molecule has 0 saturated heterocycles. The minimum atomic E-state index is -0.729. The lowest BCUT2D eigenvalue weighted by atomic mass is 10.0. The van der Waals surface area contributed by atoms with Gasteiger partial charge >= 0.3 is 6.03 Å². The first-order valence-corrected chi connectivity index (χ1v) is 6.65. The van der Waals surface area contributed by atoms with Crippen LogP contribution in [0.25, 0.3) is 0 Å². The first-order chi connectivity index (χ1) is 8.98. The second kappa shape index (κ2) is 5.61. The molecule has 1 aromatic heterocycles. The molecule has 1 heterocycles. The Morgan fingerprint density at radius 1 is 1.37 bits per heavy atom. The van der Waals surface area contributed by atoms with Gasteiger partial charge in [0, 0.05) is 6.54 Å². The van der Waals surface area contributed by atoms with Crippen LogP contribution >= 0.6 is 0 Å². The number of nitrogens with one attached hydrogen (secondary N) is 2. The van der Waals surface area contributed by atoms with Crippen LogP contribution in [0.1, 0.15) is 43.0 Å². The fraction of sp³-hybridized carbons (Fsp3) is 0.692. The lowest BCUT2D eigenvalue weighted by molar-refractivity contribution is 0.0501. The Bertz CT molecular complexity index is 430. The number of carbonyl (C=O) groups is 1. The molecule has 1 fully saturated rings. The van der Waals surface area contributed by atoms with Crippen molar-refractivity contribution in [3.8, 4) is 0 Å². The monoisotopic (exact) mass is 267 g/mol. The number of nitrogens with zero attached hydrogens (tertiary/aromatic N) is 1. The van der Waals surface area contributed by atoms with E-state index >= 15 is 0 Å². The van der Waals surface area contributed by atoms with Crippen LogP contribution in [0.2, 0.25) is 0 Å². The summed E-state index contributed by atoms with van der Waals surface area (Å²) < 4.78 is 5.36. The standard InChI is InChI=1S/C13H21N3O3/c1-9-10(2)19-11(16-9)7-14-12(17)15-8-13(18)5-3-4-6-13/h18H,3-8H2,1-2H3,(H2,14,15,17). The molecule has 0 spiro atoms. The summed E-state index contributed by atoms with van der Waals surface area (Å²) in [5.41, 5.74) is 0.102. The van der Waals surface area contributed by atoms with E-state index in [4.69, 9.17) is 4.42 Å². The molecule has 0 aromatic carbocycles. The van der Waals surface area contributed by atoms with Crippen molar-refractivity contribution < 1.29 is 14.3 Å². The first-order valence-electron chi connectivity index (χ1n) is 6.65. The van der Waals surface area contributed by atoms with Gasteiger partial charge in [-0.25, -0.2) is 9.78 Å². The molecule has 0 bridgehead atoms. The van der Waals surface area contributed by atoms with Gasteiger partial charge in [-0.15, -0.1) is 0 Å². The molecule has 1 aromatic rings. The summed E-state index contributed by atoms with van der Waals surface area (Å²) in [4.78, 5) is 15.8. The largest absolute Gasteiger partial charge is 0.444 e. The Morgan fingerprint density at radius 2 is 2.05 bits per heavy atom. The van der Waals surface area contributed by atoms with Crippen molar-refractivity contribution in [1.82, 2.24) is 15.6 Å². The summed E-state index contributed by atoms with van der Waals surface area (Å²) in [6.07, 6.45) is 3.56. The maximum atomic E-state index is 11.6. The quantitative estimate of drug-likeness (QED) is 0.769. The number of oxazole rings is 1. The van der Waals surface area contributed by atoms with Crippen LogP contribution < -0.4 is 10.6 Å². The zero-order valence-electron chi connectivity index (χ0n) is 11.5. The molecule has 1 aliphatic rings. The number of amides is 2. The molecule has 0 aliphatic heterocycles. The van der Waals surface area contributed by atoms with Crippen molar-refractivity contribution in [1.29, 1.82) is 0 Å². The zero-order chi connectivity index (χ0) is 13.9. The van der Waals surface area contributed by atoms with E-state index in [-0.39, 0.29) is 12.6 Å². The van der Waals surface area contributed by atoms with Crippen molar-refractivity contribution in [2.24, 2.45) is 0 Å². The van der Waals surface area contributed by atoms with E-state index in [2.05, 4.69) is 15.6 Å². The van der Waals surface area contributed by atoms with Gasteiger partial charge in [-0.2, -0.15) is 0 Å². The molecule has 106 valence electrons. The Morgan fingerprint density at radius 3 is 2.63 bits per heavy atom. The average Bonchev–Trinajstić information content (AvgIpc) is 2.93. The minimum Gasteiger partial charge on any atom is -0.444 e. The molecule has 6 heteroatoms. The second-order valence-corrected chi connectivity index (χ2v) is 5.22. The summed E-state index contributed by atoms with van der Waals surface area (Å²) in [5, 5.41) is 15.4. The maximum absolute atomic E-state index is 11.6. The van der Waals surface area contributed by atoms with Gasteiger partial charge in [0.25, 0.3) is 0 Å². The van der Waals surface area contributed by atoms with E-state index in [1.54, 1.807) is 0 Å². The van der Waals surface area contributed by atoms with E-state index < -0.39 is 5.60 Å². The van der Waals surface area contributed by atoms with Gasteiger partial charge in [-0.3, -0.25) is 0 Å². The molecular weight excluding hydrogens is 246 g/mol. The van der Waals surface area contributed by atoms with E-state index in [0.29, 0.717) is 12.4 Å². The van der Waals surface area contributed by atoms with Crippen molar-refractivity contribution >= 4 is 6.03 Å². The Kier molecular flexibility index (Phi) is 4.09. The lowest BCUT2D eigenvalue weighted by Crippen LogP contribution is -2.44. The third kappa shape index (κ3) is 3.70. The highest BCUT2D eigenvalue weighted by Gasteiger charge is 2.31. The zero-order valence-corrected chi connectivity index (χ0v) is 11.5. The number of carbonyl (C=O) groups excluding carboxylic acids is 1. The van der Waals surface area contributed by atoms with Crippen LogP contribution in [-0.2, 0) is 6.54 Å². The molecule has 0 atom stereocenters. The Hall–Kier alpha value is -1.56. The lowest BCUT2D eigenvalue weighted by Gasteiger charge is -2.22. The fourth-order valence-electron chi connectivity index (χ4n) is 2.29. The molecule has 2 amide bonds. The fourth-order valence-corrected chi connectivity index (χ4v) is 2.29. The van der Waals surface area contributed by atoms with Crippen LogP contribution in [0.15, 0.2) is 4.42 Å². The molecule has 1 saturated carbocycles. The molecule has 6 nitrogen and oxygen atoms in total. The number of aromatic nitrogens is 1. The summed E-state index contributed by atoms with van der Waals surface area (Å²) in [5.74, 6) is 1.25. The minimum absolute atomic E-state index is 0.249. The van der Waals surface area contributed by atoms with Crippen molar-refractivity contribution in [2.45, 2.75) is 51.7 Å². The number of urea groups is 1. The van der Waals surface area contributed by atoms with Crippen LogP contribution in [0, 0.1) is 13.8 Å². The highest BCUT2D eigenvalue weighted by Crippen LogP contribution is 2.28. The average molecular weight is 267 g/mol. The summed E-state index contributed by atoms with van der Waals surface area (Å²) in [6, 6.07) is -0.311. The van der Waals surface area contributed by atoms with Crippen LogP contribution in [0.4, 0.5) is 4.79 Å². The van der Waals surface area contributed by atoms with Gasteiger partial charge in [-0.1, -0.05) is 12.8 Å². The van der Waals surface area contributed by atoms with Gasteiger partial charge in [0.05, 0.1) is 17.8 Å². The number of aryl methyl sites for hydroxylation is 2. The number of hydrogen-bond acceptors (Lipinski definition) is 4. The molecular formula is C13H21N3O3. The molecule has 0 unspecified atom stereocenters. The first kappa shape index (κ1) is 13.9. The van der Waals surface area contributed by atoms with Gasteiger partial charge in [0.2, 0.25) is 5.89 Å². The van der Waals surface area contributed by atoms with E-state index in [1.165, 1.54) is 0 Å². The van der Waals surface area contributed by atoms with Gasteiger partial charge in [-0.05, 0) is 26.7 Å². The molecule has 19 heavy (non-hydrogen) atoms. The third-order valence-electron chi connectivity index (χ3n) is 3.59. The van der Waals surface area contributed by atoms with Gasteiger partial charge in [0.1, 0.15) is 5.76 Å². The summed E-state index contributed by atoms with van der Waals surface area (Å²) in [7, 11) is 0. The van der Waals surface area contributed by atoms with E-state index in [9.17, 15) is 9.90 Å². The van der Waals surface area contributed by atoms with Crippen molar-refractivity contribution in [3.63, 3.8) is 0 Å². The Balaban J connectivity index is 1.72. The maximum Gasteiger partial charge on any atom is 0.315 e. The predicted octanol–water partition coefficient (Wildman–Crippen LogP) is 1.40. The highest BCUT2D eigenvalue weighted by atomic mass is 16.4. The van der Waals surface area contributed by atoms with Crippen LogP contribution in [0.5, 0.6) is 0 Å². The van der Waals surface area contributed by atoms with Crippen molar-refractivity contribution in [2.75, 3.05) is 6.54 Å². The number of rotatable bonds is 4. The van der Waals surface area contributed by atoms with Gasteiger partial charge < -0.3 is 20.2 Å². The number of hydrogen-bond donors (Lipinski definition) is 3. The highest BCUT2D eigenvalue weighted by molar-refractivity contribution is 5.73. The smallest absolute Gasteiger partial charge is 0.315 e. The van der Waals surface area contributed by atoms with Crippen LogP contribution in [0.3, 0.4) is 0 Å². The van der Waals surface area contributed by atoms with Gasteiger partial charge in [0.15, 0.2) is 0 Å². The molecule has 2 rings (SSSR count). The normalized spacial score (nSPS) is 17.4. The summed E-state index contributed by atoms with van der Waals surface area (Å²) >= 11 is 0. The van der Waals surface area contributed by atoms with E-state index in [0.717, 1.165) is 37.1 Å². The topological polar surface area (TPSA) is 87.4 Å². The predicted molar refractivity (Wildman–Crippen MR) is 69.6 cm³/mol. The molecule has 1 aliphatic carbocycles. The summed E-state index contributed by atoms with van der Waals surface area (Å²) in [6.45, 7) is 4.24. The molecule has 0 radical (unpaired) electrons. The third-order valence-corrected chi connectivity index (χ3v) is 3.59. The second-order valence-electron chi connectivity index (χ2n) is 5.22. The number of aliphatic hydroxyl groups is 1.